The first kappa shape index (κ1) is 16.1. The van der Waals surface area contributed by atoms with Gasteiger partial charge in [-0.05, 0) is 36.8 Å². The summed E-state index contributed by atoms with van der Waals surface area (Å²) in [6, 6.07) is 6.60. The smallest absolute Gasteiger partial charge is 0.258 e. The Morgan fingerprint density at radius 2 is 1.82 bits per heavy atom. The van der Waals surface area contributed by atoms with E-state index in [4.69, 9.17) is 5.14 Å². The van der Waals surface area contributed by atoms with Gasteiger partial charge in [0.25, 0.3) is 5.91 Å². The topological polar surface area (TPSA) is 89.3 Å². The van der Waals surface area contributed by atoms with E-state index in [1.165, 1.54) is 18.2 Å². The van der Waals surface area contributed by atoms with Crippen LogP contribution in [0.4, 0.5) is 14.5 Å². The van der Waals surface area contributed by atoms with Crippen molar-refractivity contribution in [1.29, 1.82) is 0 Å². The molecule has 0 saturated carbocycles. The van der Waals surface area contributed by atoms with E-state index in [1.54, 1.807) is 6.92 Å². The van der Waals surface area contributed by atoms with Crippen molar-refractivity contribution in [3.63, 3.8) is 0 Å². The molecule has 0 fully saturated rings. The number of rotatable bonds is 3. The molecule has 0 aliphatic carbocycles. The molecule has 0 unspecified atom stereocenters. The van der Waals surface area contributed by atoms with E-state index in [2.05, 4.69) is 5.32 Å². The maximum atomic E-state index is 13.5. The summed E-state index contributed by atoms with van der Waals surface area (Å²) in [4.78, 5) is 11.8. The van der Waals surface area contributed by atoms with Crippen LogP contribution in [-0.2, 0) is 10.0 Å². The normalized spacial score (nSPS) is 11.3. The fourth-order valence-electron chi connectivity index (χ4n) is 1.86. The molecule has 0 aliphatic rings. The number of hydrogen-bond acceptors (Lipinski definition) is 3. The highest BCUT2D eigenvalue weighted by molar-refractivity contribution is 7.89. The van der Waals surface area contributed by atoms with E-state index >= 15 is 0 Å². The van der Waals surface area contributed by atoms with Gasteiger partial charge in [0, 0.05) is 11.8 Å². The van der Waals surface area contributed by atoms with E-state index in [-0.39, 0.29) is 16.1 Å². The largest absolute Gasteiger partial charge is 0.322 e. The molecule has 116 valence electrons. The lowest BCUT2D eigenvalue weighted by Gasteiger charge is -2.09. The minimum atomic E-state index is -3.95. The molecule has 0 saturated heterocycles. The maximum Gasteiger partial charge on any atom is 0.258 e. The third-order valence-electron chi connectivity index (χ3n) is 2.93. The summed E-state index contributed by atoms with van der Waals surface area (Å²) in [6.07, 6.45) is 0. The van der Waals surface area contributed by atoms with E-state index in [1.807, 2.05) is 0 Å². The van der Waals surface area contributed by atoms with Crippen molar-refractivity contribution in [2.45, 2.75) is 11.8 Å². The standard InChI is InChI=1S/C14H12F2N2O3S/c1-8-2-4-10(7-13(8)22(17,20)21)18-14(19)11-5-3-9(15)6-12(11)16/h2-7H,1H3,(H,18,19)(H2,17,20,21). The summed E-state index contributed by atoms with van der Waals surface area (Å²) in [7, 11) is -3.95. The Kier molecular flexibility index (Phi) is 4.25. The van der Waals surface area contributed by atoms with Gasteiger partial charge in [-0.1, -0.05) is 6.07 Å². The van der Waals surface area contributed by atoms with Crippen molar-refractivity contribution in [1.82, 2.24) is 0 Å². The number of benzene rings is 2. The average molecular weight is 326 g/mol. The molecule has 8 heteroatoms. The number of anilines is 1. The van der Waals surface area contributed by atoms with Gasteiger partial charge >= 0.3 is 0 Å². The molecule has 0 aromatic heterocycles. The van der Waals surface area contributed by atoms with Gasteiger partial charge in [0.2, 0.25) is 10.0 Å². The number of carbonyl (C=O) groups is 1. The average Bonchev–Trinajstić information content (AvgIpc) is 2.39. The number of primary sulfonamides is 1. The predicted molar refractivity (Wildman–Crippen MR) is 76.9 cm³/mol. The Morgan fingerprint density at radius 1 is 1.14 bits per heavy atom. The van der Waals surface area contributed by atoms with Crippen LogP contribution in [0.1, 0.15) is 15.9 Å². The van der Waals surface area contributed by atoms with Gasteiger partial charge in [-0.2, -0.15) is 0 Å². The van der Waals surface area contributed by atoms with Crippen LogP contribution in [0.15, 0.2) is 41.3 Å². The number of nitrogens with two attached hydrogens (primary N) is 1. The number of sulfonamides is 1. The molecule has 22 heavy (non-hydrogen) atoms. The highest BCUT2D eigenvalue weighted by Gasteiger charge is 2.16. The second-order valence-electron chi connectivity index (χ2n) is 4.60. The SMILES string of the molecule is Cc1ccc(NC(=O)c2ccc(F)cc2F)cc1S(N)(=O)=O. The van der Waals surface area contributed by atoms with Crippen molar-refractivity contribution in [3.05, 3.63) is 59.2 Å². The number of halogens is 2. The van der Waals surface area contributed by atoms with Gasteiger partial charge in [-0.15, -0.1) is 0 Å². The van der Waals surface area contributed by atoms with Gasteiger partial charge in [0.15, 0.2) is 0 Å². The van der Waals surface area contributed by atoms with Gasteiger partial charge in [-0.3, -0.25) is 4.79 Å². The number of nitrogens with one attached hydrogen (secondary N) is 1. The first-order valence-electron chi connectivity index (χ1n) is 6.08. The fourth-order valence-corrected chi connectivity index (χ4v) is 2.66. The number of aryl methyl sites for hydroxylation is 1. The van der Waals surface area contributed by atoms with Crippen LogP contribution in [0.3, 0.4) is 0 Å². The van der Waals surface area contributed by atoms with Crippen molar-refractivity contribution in [3.8, 4) is 0 Å². The lowest BCUT2D eigenvalue weighted by Crippen LogP contribution is -2.16. The summed E-state index contributed by atoms with van der Waals surface area (Å²) in [5, 5.41) is 7.40. The first-order valence-corrected chi connectivity index (χ1v) is 7.63. The predicted octanol–water partition coefficient (Wildman–Crippen LogP) is 2.17. The summed E-state index contributed by atoms with van der Waals surface area (Å²) in [5.41, 5.74) is 0.177. The zero-order valence-electron chi connectivity index (χ0n) is 11.4. The zero-order chi connectivity index (χ0) is 16.5. The number of amides is 1. The molecule has 0 heterocycles. The Morgan fingerprint density at radius 3 is 2.41 bits per heavy atom. The zero-order valence-corrected chi connectivity index (χ0v) is 12.2. The van der Waals surface area contributed by atoms with Crippen LogP contribution in [-0.4, -0.2) is 14.3 Å². The highest BCUT2D eigenvalue weighted by atomic mass is 32.2. The molecule has 5 nitrogen and oxygen atoms in total. The Hall–Kier alpha value is -2.32. The number of hydrogen-bond donors (Lipinski definition) is 2. The molecule has 0 atom stereocenters. The van der Waals surface area contributed by atoms with Gasteiger partial charge in [0.1, 0.15) is 11.6 Å². The first-order chi connectivity index (χ1) is 10.2. The van der Waals surface area contributed by atoms with Crippen molar-refractivity contribution in [2.75, 3.05) is 5.32 Å². The third kappa shape index (κ3) is 3.46. The molecule has 0 radical (unpaired) electrons. The Balaban J connectivity index is 2.33. The monoisotopic (exact) mass is 326 g/mol. The molecule has 2 rings (SSSR count). The van der Waals surface area contributed by atoms with Gasteiger partial charge in [0.05, 0.1) is 10.5 Å². The van der Waals surface area contributed by atoms with Crippen LogP contribution in [0, 0.1) is 18.6 Å². The molecule has 1 amide bonds. The van der Waals surface area contributed by atoms with Crippen molar-refractivity contribution >= 4 is 21.6 Å². The molecule has 0 bridgehead atoms. The van der Waals surface area contributed by atoms with Crippen molar-refractivity contribution in [2.24, 2.45) is 5.14 Å². The van der Waals surface area contributed by atoms with E-state index in [0.717, 1.165) is 12.1 Å². The molecule has 0 aliphatic heterocycles. The minimum absolute atomic E-state index is 0.128. The third-order valence-corrected chi connectivity index (χ3v) is 3.98. The summed E-state index contributed by atoms with van der Waals surface area (Å²) >= 11 is 0. The Labute approximate surface area is 125 Å². The van der Waals surface area contributed by atoms with E-state index < -0.39 is 27.6 Å². The summed E-state index contributed by atoms with van der Waals surface area (Å²) in [6.45, 7) is 1.55. The lowest BCUT2D eigenvalue weighted by molar-refractivity contribution is 0.102. The second kappa shape index (κ2) is 5.82. The van der Waals surface area contributed by atoms with Crippen molar-refractivity contribution < 1.29 is 22.0 Å². The van der Waals surface area contributed by atoms with Crippen LogP contribution in [0.2, 0.25) is 0 Å². The fraction of sp³-hybridized carbons (Fsp3) is 0.0714. The minimum Gasteiger partial charge on any atom is -0.322 e. The Bertz CT molecular complexity index is 851. The lowest BCUT2D eigenvalue weighted by atomic mass is 10.1. The maximum absolute atomic E-state index is 13.5. The van der Waals surface area contributed by atoms with E-state index in [9.17, 15) is 22.0 Å². The van der Waals surface area contributed by atoms with Crippen LogP contribution in [0.5, 0.6) is 0 Å². The summed E-state index contributed by atoms with van der Waals surface area (Å²) in [5.74, 6) is -2.65. The second-order valence-corrected chi connectivity index (χ2v) is 6.13. The molecular weight excluding hydrogens is 314 g/mol. The molecule has 3 N–H and O–H groups in total. The van der Waals surface area contributed by atoms with Crippen LogP contribution in [0.25, 0.3) is 0 Å². The molecule has 2 aromatic rings. The van der Waals surface area contributed by atoms with Gasteiger partial charge in [-0.25, -0.2) is 22.3 Å². The molecular formula is C14H12F2N2O3S. The van der Waals surface area contributed by atoms with Gasteiger partial charge < -0.3 is 5.32 Å². The highest BCUT2D eigenvalue weighted by Crippen LogP contribution is 2.20. The quantitative estimate of drug-likeness (QED) is 0.906. The van der Waals surface area contributed by atoms with Crippen LogP contribution >= 0.6 is 0 Å². The van der Waals surface area contributed by atoms with Crippen LogP contribution < -0.4 is 10.5 Å². The summed E-state index contributed by atoms with van der Waals surface area (Å²) < 4.78 is 49.2. The molecule has 2 aromatic carbocycles. The van der Waals surface area contributed by atoms with E-state index in [0.29, 0.717) is 11.6 Å². The number of carbonyl (C=O) groups excluding carboxylic acids is 1. The molecule has 0 spiro atoms.